The highest BCUT2D eigenvalue weighted by Crippen LogP contribution is 2.28. The molecule has 0 bridgehead atoms. The average molecular weight is 182 g/mol. The van der Waals surface area contributed by atoms with Gasteiger partial charge in [0.05, 0.1) is 0 Å². The molecule has 0 nitrogen and oxygen atoms in total. The van der Waals surface area contributed by atoms with Gasteiger partial charge in [-0.3, -0.25) is 0 Å². The van der Waals surface area contributed by atoms with Crippen LogP contribution in [0.25, 0.3) is 0 Å². The lowest BCUT2D eigenvalue weighted by atomic mass is 9.83. The number of allylic oxidation sites excluding steroid dienone is 2. The molecule has 0 aromatic heterocycles. The van der Waals surface area contributed by atoms with Gasteiger partial charge in [-0.25, -0.2) is 0 Å². The first-order valence-electron chi connectivity index (χ1n) is 5.43. The highest BCUT2D eigenvalue weighted by atomic mass is 14.2. The number of rotatable bonds is 3. The Morgan fingerprint density at radius 3 is 1.77 bits per heavy atom. The van der Waals surface area contributed by atoms with Crippen LogP contribution in [0.1, 0.15) is 54.9 Å². The maximum absolute atomic E-state index is 2.43. The van der Waals surface area contributed by atoms with E-state index in [-0.39, 0.29) is 0 Å². The Bertz CT molecular complexity index is 165. The van der Waals surface area contributed by atoms with Crippen LogP contribution in [0.5, 0.6) is 0 Å². The van der Waals surface area contributed by atoms with E-state index in [0.717, 1.165) is 0 Å². The normalized spacial score (nSPS) is 14.4. The molecule has 0 heteroatoms. The zero-order valence-corrected chi connectivity index (χ0v) is 10.4. The molecule has 0 heterocycles. The topological polar surface area (TPSA) is 0 Å². The van der Waals surface area contributed by atoms with Crippen molar-refractivity contribution in [3.8, 4) is 0 Å². The molecule has 0 N–H and O–H groups in total. The van der Waals surface area contributed by atoms with Crippen molar-refractivity contribution in [2.75, 3.05) is 0 Å². The molecule has 78 valence electrons. The highest BCUT2D eigenvalue weighted by Gasteiger charge is 2.15. The first-order chi connectivity index (χ1) is 5.72. The van der Waals surface area contributed by atoms with Gasteiger partial charge in [-0.15, -0.1) is 0 Å². The van der Waals surface area contributed by atoms with Crippen LogP contribution in [0, 0.1) is 17.3 Å². The van der Waals surface area contributed by atoms with Gasteiger partial charge in [-0.05, 0) is 23.7 Å². The lowest BCUT2D eigenvalue weighted by Gasteiger charge is -2.23. The molecule has 0 amide bonds. The molecule has 0 aliphatic heterocycles. The third-order valence-electron chi connectivity index (χ3n) is 2.02. The summed E-state index contributed by atoms with van der Waals surface area (Å²) in [5.74, 6) is 1.38. The quantitative estimate of drug-likeness (QED) is 0.557. The van der Waals surface area contributed by atoms with E-state index in [1.54, 1.807) is 5.57 Å². The van der Waals surface area contributed by atoms with E-state index < -0.39 is 0 Å². The van der Waals surface area contributed by atoms with Gasteiger partial charge in [0.25, 0.3) is 0 Å². The minimum atomic E-state index is 0.422. The van der Waals surface area contributed by atoms with E-state index >= 15 is 0 Å². The predicted octanol–water partition coefficient (Wildman–Crippen LogP) is 4.66. The van der Waals surface area contributed by atoms with Crippen molar-refractivity contribution in [3.05, 3.63) is 11.6 Å². The highest BCUT2D eigenvalue weighted by molar-refractivity contribution is 5.08. The fourth-order valence-electron chi connectivity index (χ4n) is 1.50. The molecule has 0 fully saturated rings. The van der Waals surface area contributed by atoms with Gasteiger partial charge in [0, 0.05) is 0 Å². The summed E-state index contributed by atoms with van der Waals surface area (Å²) in [6.07, 6.45) is 3.65. The van der Waals surface area contributed by atoms with Crippen LogP contribution in [-0.4, -0.2) is 0 Å². The van der Waals surface area contributed by atoms with Crippen LogP contribution in [-0.2, 0) is 0 Å². The van der Waals surface area contributed by atoms with Crippen LogP contribution >= 0.6 is 0 Å². The molecule has 13 heavy (non-hydrogen) atoms. The van der Waals surface area contributed by atoms with Crippen LogP contribution < -0.4 is 0 Å². The molecule has 0 saturated heterocycles. The van der Waals surface area contributed by atoms with E-state index in [0.29, 0.717) is 17.3 Å². The third-order valence-corrected chi connectivity index (χ3v) is 2.02. The van der Waals surface area contributed by atoms with Gasteiger partial charge in [0.15, 0.2) is 0 Å². The van der Waals surface area contributed by atoms with Crippen molar-refractivity contribution in [2.24, 2.45) is 17.3 Å². The van der Waals surface area contributed by atoms with E-state index in [1.807, 2.05) is 0 Å². The molecular formula is C13H26. The molecule has 0 rings (SSSR count). The number of hydrogen-bond acceptors (Lipinski definition) is 0. The molecule has 0 unspecified atom stereocenters. The Kier molecular flexibility index (Phi) is 4.74. The van der Waals surface area contributed by atoms with Crippen LogP contribution in [0.3, 0.4) is 0 Å². The molecule has 0 radical (unpaired) electrons. The lowest BCUT2D eigenvalue weighted by molar-refractivity contribution is 0.392. The fourth-order valence-corrected chi connectivity index (χ4v) is 1.50. The Balaban J connectivity index is 4.46. The summed E-state index contributed by atoms with van der Waals surface area (Å²) in [5.41, 5.74) is 2.04. The molecule has 0 atom stereocenters. The van der Waals surface area contributed by atoms with Crippen molar-refractivity contribution >= 4 is 0 Å². The summed E-state index contributed by atoms with van der Waals surface area (Å²) >= 11 is 0. The second-order valence-corrected chi connectivity index (χ2v) is 5.88. The fraction of sp³-hybridized carbons (Fsp3) is 0.846. The number of hydrogen-bond donors (Lipinski definition) is 0. The van der Waals surface area contributed by atoms with Crippen molar-refractivity contribution in [2.45, 2.75) is 54.9 Å². The first-order valence-corrected chi connectivity index (χ1v) is 5.43. The van der Waals surface area contributed by atoms with Gasteiger partial charge in [-0.1, -0.05) is 60.1 Å². The summed E-state index contributed by atoms with van der Waals surface area (Å²) in [6, 6.07) is 0. The van der Waals surface area contributed by atoms with Gasteiger partial charge < -0.3 is 0 Å². The zero-order chi connectivity index (χ0) is 10.6. The van der Waals surface area contributed by atoms with E-state index in [4.69, 9.17) is 0 Å². The largest absolute Gasteiger partial charge is 0.0825 e. The minimum Gasteiger partial charge on any atom is -0.0825 e. The molecule has 0 aromatic rings. The second-order valence-electron chi connectivity index (χ2n) is 5.88. The SMILES string of the molecule is CC(C)/C=C(/CC(C)(C)C)C(C)C. The zero-order valence-electron chi connectivity index (χ0n) is 10.4. The predicted molar refractivity (Wildman–Crippen MR) is 61.8 cm³/mol. The monoisotopic (exact) mass is 182 g/mol. The van der Waals surface area contributed by atoms with Gasteiger partial charge >= 0.3 is 0 Å². The minimum absolute atomic E-state index is 0.422. The van der Waals surface area contributed by atoms with E-state index in [1.165, 1.54) is 6.42 Å². The van der Waals surface area contributed by atoms with Gasteiger partial charge in [0.2, 0.25) is 0 Å². The van der Waals surface area contributed by atoms with Gasteiger partial charge in [0.1, 0.15) is 0 Å². The third kappa shape index (κ3) is 6.86. The first kappa shape index (κ1) is 12.7. The van der Waals surface area contributed by atoms with Gasteiger partial charge in [-0.2, -0.15) is 0 Å². The molecule has 0 saturated carbocycles. The summed E-state index contributed by atoms with van der Waals surface area (Å²) < 4.78 is 0. The summed E-state index contributed by atoms with van der Waals surface area (Å²) in [7, 11) is 0. The van der Waals surface area contributed by atoms with Crippen molar-refractivity contribution in [1.29, 1.82) is 0 Å². The lowest BCUT2D eigenvalue weighted by Crippen LogP contribution is -2.10. The second kappa shape index (κ2) is 4.83. The van der Waals surface area contributed by atoms with E-state index in [9.17, 15) is 0 Å². The molecule has 0 aliphatic carbocycles. The Labute approximate surface area is 84.4 Å². The average Bonchev–Trinajstić information content (AvgIpc) is 1.81. The summed E-state index contributed by atoms with van der Waals surface area (Å²) in [4.78, 5) is 0. The maximum Gasteiger partial charge on any atom is -0.0260 e. The van der Waals surface area contributed by atoms with Crippen LogP contribution in [0.4, 0.5) is 0 Å². The smallest absolute Gasteiger partial charge is 0.0260 e. The Hall–Kier alpha value is -0.260. The summed E-state index contributed by atoms with van der Waals surface area (Å²) in [5, 5.41) is 0. The van der Waals surface area contributed by atoms with Crippen LogP contribution in [0.15, 0.2) is 11.6 Å². The molecule has 0 aromatic carbocycles. The maximum atomic E-state index is 2.43. The van der Waals surface area contributed by atoms with Crippen molar-refractivity contribution in [3.63, 3.8) is 0 Å². The Morgan fingerprint density at radius 1 is 1.08 bits per heavy atom. The van der Waals surface area contributed by atoms with Crippen molar-refractivity contribution < 1.29 is 0 Å². The Morgan fingerprint density at radius 2 is 1.54 bits per heavy atom. The molecule has 0 aliphatic rings. The van der Waals surface area contributed by atoms with Crippen molar-refractivity contribution in [1.82, 2.24) is 0 Å². The molecular weight excluding hydrogens is 156 g/mol. The van der Waals surface area contributed by atoms with Crippen LogP contribution in [0.2, 0.25) is 0 Å². The standard InChI is InChI=1S/C13H26/c1-10(2)8-12(11(3)4)9-13(5,6)7/h8,10-11H,9H2,1-7H3/b12-8-. The summed E-state index contributed by atoms with van der Waals surface area (Å²) in [6.45, 7) is 16.0. The van der Waals surface area contributed by atoms with E-state index in [2.05, 4.69) is 54.5 Å². The molecule has 0 spiro atoms.